The molecule has 5 nitrogen and oxygen atoms in total. The average Bonchev–Trinajstić information content (AvgIpc) is 3.61. The van der Waals surface area contributed by atoms with Crippen molar-refractivity contribution >= 4 is 41.0 Å². The van der Waals surface area contributed by atoms with Gasteiger partial charge in [0, 0.05) is 15.6 Å². The van der Waals surface area contributed by atoms with Crippen LogP contribution in [0.5, 0.6) is 5.75 Å². The van der Waals surface area contributed by atoms with Crippen molar-refractivity contribution < 1.29 is 31.5 Å². The third kappa shape index (κ3) is 5.36. The third-order valence-electron chi connectivity index (χ3n) is 5.75. The van der Waals surface area contributed by atoms with E-state index in [-0.39, 0.29) is 18.2 Å². The molecule has 0 radical (unpaired) electrons. The molecule has 2 aromatic carbocycles. The number of hydrogen-bond donors (Lipinski definition) is 1. The molecule has 0 saturated heterocycles. The number of pyridine rings is 1. The highest BCUT2D eigenvalue weighted by Crippen LogP contribution is 2.58. The average molecular weight is 544 g/mol. The predicted octanol–water partition coefficient (Wildman–Crippen LogP) is 7.06. The second kappa shape index (κ2) is 10.1. The molecule has 2 aliphatic rings. The third-order valence-corrected chi connectivity index (χ3v) is 6.91. The summed E-state index contributed by atoms with van der Waals surface area (Å²) in [6, 6.07) is 13.7. The van der Waals surface area contributed by atoms with E-state index in [1.54, 1.807) is 29.2 Å². The molecule has 0 unspecified atom stereocenters. The number of anilines is 2. The number of aromatic nitrogens is 1. The maximum Gasteiger partial charge on any atom is 0.573 e. The summed E-state index contributed by atoms with van der Waals surface area (Å²) in [5, 5.41) is 0.419. The van der Waals surface area contributed by atoms with E-state index in [1.807, 2.05) is 0 Å². The second-order valence-electron chi connectivity index (χ2n) is 8.00. The summed E-state index contributed by atoms with van der Waals surface area (Å²) in [6.45, 7) is 0.176. The Kier molecular flexibility index (Phi) is 7.33. The maximum absolute atomic E-state index is 13.2. The van der Waals surface area contributed by atoms with E-state index in [2.05, 4.69) is 14.4 Å². The molecule has 1 aliphatic heterocycles. The molecule has 1 aliphatic carbocycles. The fourth-order valence-corrected chi connectivity index (χ4v) is 5.00. The largest absolute Gasteiger partial charge is 0.573 e. The minimum absolute atomic E-state index is 0.153. The van der Waals surface area contributed by atoms with Gasteiger partial charge in [-0.3, -0.25) is 9.18 Å². The van der Waals surface area contributed by atoms with Crippen LogP contribution in [0.1, 0.15) is 24.0 Å². The first-order chi connectivity index (χ1) is 17.1. The van der Waals surface area contributed by atoms with Crippen LogP contribution >= 0.6 is 23.5 Å². The van der Waals surface area contributed by atoms with Gasteiger partial charge < -0.3 is 14.4 Å². The van der Waals surface area contributed by atoms with Crippen molar-refractivity contribution in [3.05, 3.63) is 76.7 Å². The van der Waals surface area contributed by atoms with Crippen LogP contribution in [0.25, 0.3) is 0 Å². The molecule has 2 heterocycles. The summed E-state index contributed by atoms with van der Waals surface area (Å²) in [6.07, 6.45) is -3.65. The Labute approximate surface area is 212 Å². The van der Waals surface area contributed by atoms with Crippen molar-refractivity contribution in [2.24, 2.45) is 0 Å². The van der Waals surface area contributed by atoms with E-state index >= 15 is 0 Å². The minimum atomic E-state index is -4.81. The summed E-state index contributed by atoms with van der Waals surface area (Å²) in [5.41, 5.74) is 1.01. The van der Waals surface area contributed by atoms with Crippen LogP contribution in [0.3, 0.4) is 0 Å². The number of rotatable bonds is 6. The molecule has 0 atom stereocenters. The Hall–Kier alpha value is -3.05. The number of carbonyl (C=O) groups is 1. The molecular weight excluding hydrogens is 525 g/mol. The Morgan fingerprint density at radius 1 is 1.14 bits per heavy atom. The number of ether oxygens (including phenoxy) is 1. The summed E-state index contributed by atoms with van der Waals surface area (Å²) in [7, 11) is 0.500. The number of nitrogens with zero attached hydrogens (tertiary/aromatic N) is 2. The number of benzene rings is 2. The molecule has 1 saturated carbocycles. The molecule has 1 aromatic heterocycles. The highest BCUT2D eigenvalue weighted by atomic mass is 35.5. The number of hydrogen-bond acceptors (Lipinski definition) is 5. The van der Waals surface area contributed by atoms with Gasteiger partial charge in [-0.15, -0.1) is 13.2 Å². The molecule has 1 spiro atoms. The van der Waals surface area contributed by atoms with E-state index in [4.69, 9.17) is 11.6 Å². The molecule has 1 amide bonds. The molecule has 12 heteroatoms. The van der Waals surface area contributed by atoms with Gasteiger partial charge in [-0.1, -0.05) is 23.7 Å². The Bertz CT molecular complexity index is 1290. The quantitative estimate of drug-likeness (QED) is 0.205. The van der Waals surface area contributed by atoms with Crippen LogP contribution in [-0.2, 0) is 16.8 Å². The first-order valence-corrected chi connectivity index (χ1v) is 11.8. The van der Waals surface area contributed by atoms with E-state index in [0.29, 0.717) is 47.7 Å². The molecular formula is C24H19ClF5N3O2S. The molecule has 5 rings (SSSR count). The van der Waals surface area contributed by atoms with Crippen LogP contribution in [0.2, 0.25) is 5.02 Å². The zero-order valence-electron chi connectivity index (χ0n) is 18.7. The summed E-state index contributed by atoms with van der Waals surface area (Å²) in [5.74, 6) is -0.736. The molecule has 1 N–H and O–H groups in total. The summed E-state index contributed by atoms with van der Waals surface area (Å²) in [4.78, 5) is 19.2. The van der Waals surface area contributed by atoms with Gasteiger partial charge >= 0.3 is 6.36 Å². The van der Waals surface area contributed by atoms with Gasteiger partial charge in [-0.2, -0.15) is 4.39 Å². The smallest absolute Gasteiger partial charge is 0.406 e. The fraction of sp³-hybridized carbons (Fsp3) is 0.250. The van der Waals surface area contributed by atoms with E-state index in [0.717, 1.165) is 4.90 Å². The maximum atomic E-state index is 13.2. The predicted molar refractivity (Wildman–Crippen MR) is 127 cm³/mol. The number of halogens is 6. The number of nitrogens with one attached hydrogen (secondary N) is 1. The SMILES string of the molecule is CF.O=C1N(Cc2ccc(SNc3cccc(F)n3)cc2Cl)c2ccc(OC(F)(F)F)cc2C12CC2. The lowest BCUT2D eigenvalue weighted by molar-refractivity contribution is -0.274. The van der Waals surface area contributed by atoms with Gasteiger partial charge in [0.1, 0.15) is 11.6 Å². The highest BCUT2D eigenvalue weighted by Gasteiger charge is 2.59. The van der Waals surface area contributed by atoms with Crippen LogP contribution in [0, 0.1) is 5.95 Å². The monoisotopic (exact) mass is 543 g/mol. The summed E-state index contributed by atoms with van der Waals surface area (Å²) < 4.78 is 67.6. The van der Waals surface area contributed by atoms with Gasteiger partial charge in [-0.25, -0.2) is 4.98 Å². The minimum Gasteiger partial charge on any atom is -0.406 e. The normalized spacial score (nSPS) is 15.3. The first-order valence-electron chi connectivity index (χ1n) is 10.6. The number of alkyl halides is 4. The van der Waals surface area contributed by atoms with E-state index < -0.39 is 17.7 Å². The van der Waals surface area contributed by atoms with Gasteiger partial charge in [0.25, 0.3) is 0 Å². The summed E-state index contributed by atoms with van der Waals surface area (Å²) >= 11 is 7.68. The Morgan fingerprint density at radius 2 is 1.89 bits per heavy atom. The number of carbonyl (C=O) groups excluding carboxylic acids is 1. The zero-order valence-corrected chi connectivity index (χ0v) is 20.3. The topological polar surface area (TPSA) is 54.5 Å². The lowest BCUT2D eigenvalue weighted by atomic mass is 9.98. The van der Waals surface area contributed by atoms with Gasteiger partial charge in [-0.05, 0) is 78.4 Å². The lowest BCUT2D eigenvalue weighted by Crippen LogP contribution is -2.31. The number of fused-ring (bicyclic) bond motifs is 2. The van der Waals surface area contributed by atoms with Crippen molar-refractivity contribution in [3.63, 3.8) is 0 Å². The first kappa shape index (κ1) is 26.0. The van der Waals surface area contributed by atoms with Crippen molar-refractivity contribution in [2.75, 3.05) is 16.8 Å². The second-order valence-corrected chi connectivity index (χ2v) is 9.29. The molecule has 36 heavy (non-hydrogen) atoms. The van der Waals surface area contributed by atoms with Crippen LogP contribution in [0.4, 0.5) is 33.5 Å². The van der Waals surface area contributed by atoms with Crippen LogP contribution in [0.15, 0.2) is 59.5 Å². The Balaban J connectivity index is 0.00000148. The van der Waals surface area contributed by atoms with Crippen molar-refractivity contribution in [3.8, 4) is 5.75 Å². The van der Waals surface area contributed by atoms with Crippen molar-refractivity contribution in [1.82, 2.24) is 4.98 Å². The Morgan fingerprint density at radius 3 is 2.53 bits per heavy atom. The van der Waals surface area contributed by atoms with Crippen LogP contribution < -0.4 is 14.4 Å². The van der Waals surface area contributed by atoms with Gasteiger partial charge in [0.2, 0.25) is 11.9 Å². The van der Waals surface area contributed by atoms with Crippen molar-refractivity contribution in [2.45, 2.75) is 36.1 Å². The van der Waals surface area contributed by atoms with E-state index in [9.17, 15) is 26.7 Å². The standard InChI is InChI=1S/C23H16ClF4N3O2S.CH3F/c24-17-11-15(34-30-20-3-1-2-19(25)29-20)6-4-13(17)12-31-18-7-5-14(33-23(26,27)28)10-16(18)22(8-9-22)21(31)32;1-2/h1-7,10-11H,8-9,12H2,(H,29,30);1H3. The highest BCUT2D eigenvalue weighted by molar-refractivity contribution is 8.00. The van der Waals surface area contributed by atoms with Gasteiger partial charge in [0.15, 0.2) is 0 Å². The fourth-order valence-electron chi connectivity index (χ4n) is 4.05. The van der Waals surface area contributed by atoms with Crippen LogP contribution in [-0.4, -0.2) is 24.4 Å². The van der Waals surface area contributed by atoms with Crippen molar-refractivity contribution in [1.29, 1.82) is 0 Å². The number of amides is 1. The lowest BCUT2D eigenvalue weighted by Gasteiger charge is -2.19. The van der Waals surface area contributed by atoms with E-state index in [1.165, 1.54) is 42.3 Å². The molecule has 190 valence electrons. The van der Waals surface area contributed by atoms with Gasteiger partial charge in [0.05, 0.1) is 19.1 Å². The molecule has 3 aromatic rings. The molecule has 0 bridgehead atoms. The zero-order chi connectivity index (χ0) is 26.1. The molecule has 1 fully saturated rings.